The third-order valence-corrected chi connectivity index (χ3v) is 5.94. The maximum absolute atomic E-state index is 11.9. The molecule has 0 bridgehead atoms. The van der Waals surface area contributed by atoms with Crippen molar-refractivity contribution >= 4 is 21.8 Å². The molecule has 1 aliphatic rings. The number of carbonyl (C=O) groups excluding carboxylic acids is 1. The van der Waals surface area contributed by atoms with Crippen molar-refractivity contribution < 1.29 is 9.90 Å². The van der Waals surface area contributed by atoms with Crippen LogP contribution in [0.5, 0.6) is 0 Å². The van der Waals surface area contributed by atoms with Crippen LogP contribution in [0, 0.1) is 0 Å². The Kier molecular flexibility index (Phi) is 9.27. The summed E-state index contributed by atoms with van der Waals surface area (Å²) in [6.45, 7) is 5.39. The Bertz CT molecular complexity index is 754. The number of aromatic nitrogens is 1. The quantitative estimate of drug-likeness (QED) is 0.515. The third-order valence-electron chi connectivity index (χ3n) is 5.43. The van der Waals surface area contributed by atoms with Gasteiger partial charge in [0.2, 0.25) is 5.91 Å². The topological polar surface area (TPSA) is 68.7 Å². The van der Waals surface area contributed by atoms with Crippen molar-refractivity contribution in [3.05, 3.63) is 66.0 Å². The van der Waals surface area contributed by atoms with Crippen molar-refractivity contribution in [2.24, 2.45) is 0 Å². The van der Waals surface area contributed by atoms with Crippen LogP contribution < -0.4 is 5.32 Å². The zero-order valence-corrected chi connectivity index (χ0v) is 18.9. The maximum Gasteiger partial charge on any atom is 0.230 e. The Balaban J connectivity index is 1.45. The van der Waals surface area contributed by atoms with Gasteiger partial charge >= 0.3 is 0 Å². The van der Waals surface area contributed by atoms with E-state index in [2.05, 4.69) is 54.2 Å². The van der Waals surface area contributed by atoms with Crippen LogP contribution in [-0.2, 0) is 17.8 Å². The smallest absolute Gasteiger partial charge is 0.230 e. The lowest BCUT2D eigenvalue weighted by molar-refractivity contribution is -0.119. The molecule has 1 aromatic heterocycles. The molecule has 0 spiro atoms. The first-order chi connectivity index (χ1) is 14.6. The highest BCUT2D eigenvalue weighted by molar-refractivity contribution is 9.09. The van der Waals surface area contributed by atoms with Crippen molar-refractivity contribution in [3.63, 3.8) is 0 Å². The van der Waals surface area contributed by atoms with E-state index in [1.165, 1.54) is 5.56 Å². The number of β-amino-alcohol motifs (C(OH)–C–C–N with tert-alkyl or cyclic N) is 1. The number of aliphatic hydroxyl groups excluding tert-OH is 1. The van der Waals surface area contributed by atoms with E-state index in [1.54, 1.807) is 6.20 Å². The highest BCUT2D eigenvalue weighted by Crippen LogP contribution is 2.12. The molecule has 1 fully saturated rings. The number of rotatable bonds is 10. The Labute approximate surface area is 187 Å². The average molecular weight is 475 g/mol. The zero-order valence-electron chi connectivity index (χ0n) is 17.3. The molecular weight excluding hydrogens is 444 g/mol. The number of pyridine rings is 1. The first-order valence-corrected chi connectivity index (χ1v) is 11.7. The highest BCUT2D eigenvalue weighted by atomic mass is 79.9. The van der Waals surface area contributed by atoms with Gasteiger partial charge in [-0.15, -0.1) is 0 Å². The molecule has 0 aliphatic carbocycles. The van der Waals surface area contributed by atoms with Crippen LogP contribution in [0.15, 0.2) is 54.9 Å². The molecule has 2 heterocycles. The van der Waals surface area contributed by atoms with Crippen LogP contribution in [0.3, 0.4) is 0 Å². The van der Waals surface area contributed by atoms with Crippen molar-refractivity contribution in [1.29, 1.82) is 0 Å². The summed E-state index contributed by atoms with van der Waals surface area (Å²) in [5.41, 5.74) is 2.39. The predicted molar refractivity (Wildman–Crippen MR) is 122 cm³/mol. The fourth-order valence-corrected chi connectivity index (χ4v) is 4.10. The van der Waals surface area contributed by atoms with Crippen LogP contribution in [0.1, 0.15) is 17.5 Å². The average Bonchev–Trinajstić information content (AvgIpc) is 2.76. The van der Waals surface area contributed by atoms with E-state index >= 15 is 0 Å². The number of halogens is 1. The maximum atomic E-state index is 11.9. The molecular formula is C23H31BrN4O2. The van der Waals surface area contributed by atoms with Gasteiger partial charge in [0.15, 0.2) is 0 Å². The standard InChI is InChI=1S/C23H31BrN4O2/c24-15-23(30)26-21(13-19-5-2-1-3-6-19)14-22(29)18-28-11-9-27(10-12-28)17-20-7-4-8-25-16-20/h1-8,16,21-22,29H,9-15,17-18H2,(H,26,30)/t21?,22-/m0/s1. The first kappa shape index (κ1) is 22.9. The lowest BCUT2D eigenvalue weighted by Gasteiger charge is -2.36. The molecule has 30 heavy (non-hydrogen) atoms. The van der Waals surface area contributed by atoms with E-state index in [0.29, 0.717) is 13.0 Å². The van der Waals surface area contributed by atoms with Gasteiger partial charge in [-0.3, -0.25) is 19.6 Å². The van der Waals surface area contributed by atoms with Gasteiger partial charge < -0.3 is 10.4 Å². The van der Waals surface area contributed by atoms with Gasteiger partial charge in [-0.1, -0.05) is 52.3 Å². The number of aliphatic hydroxyl groups is 1. The summed E-state index contributed by atoms with van der Waals surface area (Å²) in [5.74, 6) is -0.0489. The SMILES string of the molecule is O=C(CBr)NC(Cc1ccccc1)C[C@H](O)CN1CCN(Cc2cccnc2)CC1. The Morgan fingerprint density at radius 3 is 2.43 bits per heavy atom. The van der Waals surface area contributed by atoms with E-state index < -0.39 is 6.10 Å². The number of nitrogens with zero attached hydrogens (tertiary/aromatic N) is 3. The molecule has 1 unspecified atom stereocenters. The largest absolute Gasteiger partial charge is 0.392 e. The number of benzene rings is 1. The Hall–Kier alpha value is -1.80. The van der Waals surface area contributed by atoms with Crippen molar-refractivity contribution in [2.75, 3.05) is 38.1 Å². The second-order valence-electron chi connectivity index (χ2n) is 7.92. The normalized spacial score (nSPS) is 17.4. The van der Waals surface area contributed by atoms with Crippen molar-refractivity contribution in [3.8, 4) is 0 Å². The summed E-state index contributed by atoms with van der Waals surface area (Å²) in [5, 5.41) is 14.0. The number of amides is 1. The summed E-state index contributed by atoms with van der Waals surface area (Å²) in [6.07, 6.45) is 4.51. The van der Waals surface area contributed by atoms with Gasteiger partial charge in [-0.05, 0) is 30.0 Å². The molecule has 2 aromatic rings. The molecule has 2 N–H and O–H groups in total. The van der Waals surface area contributed by atoms with Crippen LogP contribution in [0.2, 0.25) is 0 Å². The minimum atomic E-state index is -0.473. The van der Waals surface area contributed by atoms with E-state index in [4.69, 9.17) is 0 Å². The van der Waals surface area contributed by atoms with Crippen molar-refractivity contribution in [1.82, 2.24) is 20.1 Å². The van der Waals surface area contributed by atoms with Crippen LogP contribution >= 0.6 is 15.9 Å². The highest BCUT2D eigenvalue weighted by Gasteiger charge is 2.22. The summed E-state index contributed by atoms with van der Waals surface area (Å²) in [6, 6.07) is 14.1. The number of alkyl halides is 1. The Morgan fingerprint density at radius 1 is 1.07 bits per heavy atom. The van der Waals surface area contributed by atoms with Crippen molar-refractivity contribution in [2.45, 2.75) is 31.5 Å². The number of nitrogens with one attached hydrogen (secondary N) is 1. The Morgan fingerprint density at radius 2 is 1.77 bits per heavy atom. The monoisotopic (exact) mass is 474 g/mol. The van der Waals surface area contributed by atoms with E-state index in [0.717, 1.165) is 44.7 Å². The molecule has 2 atom stereocenters. The number of carbonyl (C=O) groups is 1. The van der Waals surface area contributed by atoms with Gasteiger partial charge in [0, 0.05) is 57.7 Å². The summed E-state index contributed by atoms with van der Waals surface area (Å²) < 4.78 is 0. The third kappa shape index (κ3) is 7.80. The summed E-state index contributed by atoms with van der Waals surface area (Å²) >= 11 is 3.21. The molecule has 7 heteroatoms. The molecule has 1 saturated heterocycles. The second-order valence-corrected chi connectivity index (χ2v) is 8.48. The molecule has 1 aliphatic heterocycles. The van der Waals surface area contributed by atoms with E-state index in [1.807, 2.05) is 30.5 Å². The molecule has 0 radical (unpaired) electrons. The van der Waals surface area contributed by atoms with Gasteiger partial charge in [-0.25, -0.2) is 0 Å². The zero-order chi connectivity index (χ0) is 21.2. The molecule has 3 rings (SSSR count). The summed E-state index contributed by atoms with van der Waals surface area (Å²) in [7, 11) is 0. The molecule has 1 amide bonds. The van der Waals surface area contributed by atoms with Crippen LogP contribution in [0.4, 0.5) is 0 Å². The van der Waals surface area contributed by atoms with E-state index in [-0.39, 0.29) is 17.3 Å². The minimum absolute atomic E-state index is 0.0489. The molecule has 6 nitrogen and oxygen atoms in total. The van der Waals surface area contributed by atoms with Gasteiger partial charge in [0.25, 0.3) is 0 Å². The van der Waals surface area contributed by atoms with Crippen LogP contribution in [-0.4, -0.2) is 76.0 Å². The molecule has 0 saturated carbocycles. The van der Waals surface area contributed by atoms with E-state index in [9.17, 15) is 9.90 Å². The first-order valence-electron chi connectivity index (χ1n) is 10.5. The minimum Gasteiger partial charge on any atom is -0.392 e. The lowest BCUT2D eigenvalue weighted by atomic mass is 10.00. The van der Waals surface area contributed by atoms with Gasteiger partial charge in [-0.2, -0.15) is 0 Å². The number of hydrogen-bond acceptors (Lipinski definition) is 5. The lowest BCUT2D eigenvalue weighted by Crippen LogP contribution is -2.49. The number of hydrogen-bond donors (Lipinski definition) is 2. The number of piperazine rings is 1. The van der Waals surface area contributed by atoms with Gasteiger partial charge in [0.1, 0.15) is 0 Å². The van der Waals surface area contributed by atoms with Crippen LogP contribution in [0.25, 0.3) is 0 Å². The fraction of sp³-hybridized carbons (Fsp3) is 0.478. The summed E-state index contributed by atoms with van der Waals surface area (Å²) in [4.78, 5) is 20.8. The second kappa shape index (κ2) is 12.2. The fourth-order valence-electron chi connectivity index (χ4n) is 3.94. The molecule has 162 valence electrons. The predicted octanol–water partition coefficient (Wildman–Crippen LogP) is 2.07. The van der Waals surface area contributed by atoms with Gasteiger partial charge in [0.05, 0.1) is 11.4 Å². The molecule has 1 aromatic carbocycles.